The van der Waals surface area contributed by atoms with E-state index in [4.69, 9.17) is 0 Å². The first kappa shape index (κ1) is 7.25. The quantitative estimate of drug-likeness (QED) is 0.504. The standard InChI is InChI=1S/C7H11NO2/c1-7(2,3)6-5(9)4-10-8-6/h4H2,1-3H3. The maximum Gasteiger partial charge on any atom is 0.221 e. The Bertz CT molecular complexity index is 188. The molecule has 0 fully saturated rings. The molecule has 0 aliphatic carbocycles. The van der Waals surface area contributed by atoms with E-state index in [1.165, 1.54) is 0 Å². The van der Waals surface area contributed by atoms with Gasteiger partial charge in [-0.1, -0.05) is 25.9 Å². The summed E-state index contributed by atoms with van der Waals surface area (Å²) in [6, 6.07) is 0. The zero-order chi connectivity index (χ0) is 7.78. The number of carbonyl (C=O) groups excluding carboxylic acids is 1. The predicted molar refractivity (Wildman–Crippen MR) is 37.8 cm³/mol. The van der Waals surface area contributed by atoms with Crippen LogP contribution in [0.2, 0.25) is 0 Å². The number of Topliss-reactive ketones (excluding diaryl/α,β-unsaturated/α-hetero) is 1. The van der Waals surface area contributed by atoms with E-state index in [2.05, 4.69) is 9.99 Å². The lowest BCUT2D eigenvalue weighted by molar-refractivity contribution is -0.115. The minimum absolute atomic E-state index is 0.00694. The van der Waals surface area contributed by atoms with Gasteiger partial charge in [0.2, 0.25) is 5.78 Å². The van der Waals surface area contributed by atoms with Crippen LogP contribution in [0.15, 0.2) is 5.16 Å². The second-order valence-electron chi connectivity index (χ2n) is 3.39. The number of nitrogens with zero attached hydrogens (tertiary/aromatic N) is 1. The Labute approximate surface area is 60.0 Å². The van der Waals surface area contributed by atoms with Crippen LogP contribution in [-0.2, 0) is 9.63 Å². The van der Waals surface area contributed by atoms with Crippen LogP contribution in [0.5, 0.6) is 0 Å². The lowest BCUT2D eigenvalue weighted by Crippen LogP contribution is -2.26. The molecule has 3 heteroatoms. The van der Waals surface area contributed by atoms with E-state index >= 15 is 0 Å². The van der Waals surface area contributed by atoms with Crippen molar-refractivity contribution in [3.05, 3.63) is 0 Å². The van der Waals surface area contributed by atoms with Crippen molar-refractivity contribution in [3.8, 4) is 0 Å². The SMILES string of the molecule is CC(C)(C)C1=NOCC1=O. The van der Waals surface area contributed by atoms with Gasteiger partial charge in [-0.25, -0.2) is 0 Å². The molecule has 0 saturated carbocycles. The Hall–Kier alpha value is -0.860. The van der Waals surface area contributed by atoms with E-state index < -0.39 is 0 Å². The van der Waals surface area contributed by atoms with Gasteiger partial charge in [-0.3, -0.25) is 4.79 Å². The zero-order valence-electron chi connectivity index (χ0n) is 6.47. The summed E-state index contributed by atoms with van der Waals surface area (Å²) >= 11 is 0. The van der Waals surface area contributed by atoms with Crippen molar-refractivity contribution in [2.45, 2.75) is 20.8 Å². The van der Waals surface area contributed by atoms with Crippen molar-refractivity contribution in [2.24, 2.45) is 10.6 Å². The molecule has 0 unspecified atom stereocenters. The summed E-state index contributed by atoms with van der Waals surface area (Å²) < 4.78 is 0. The largest absolute Gasteiger partial charge is 0.387 e. The summed E-state index contributed by atoms with van der Waals surface area (Å²) in [5.74, 6) is 0.00694. The highest BCUT2D eigenvalue weighted by atomic mass is 16.6. The summed E-state index contributed by atoms with van der Waals surface area (Å²) in [4.78, 5) is 15.6. The number of hydrogen-bond donors (Lipinski definition) is 0. The molecule has 1 aliphatic rings. The molecule has 0 aromatic heterocycles. The fourth-order valence-electron chi connectivity index (χ4n) is 0.830. The van der Waals surface area contributed by atoms with E-state index in [0.29, 0.717) is 5.71 Å². The topological polar surface area (TPSA) is 38.7 Å². The van der Waals surface area contributed by atoms with Gasteiger partial charge in [-0.15, -0.1) is 0 Å². The zero-order valence-corrected chi connectivity index (χ0v) is 6.47. The second kappa shape index (κ2) is 2.08. The van der Waals surface area contributed by atoms with Gasteiger partial charge in [0.25, 0.3) is 0 Å². The molecule has 0 bridgehead atoms. The Kier molecular flexibility index (Phi) is 1.50. The van der Waals surface area contributed by atoms with Crippen LogP contribution in [-0.4, -0.2) is 18.1 Å². The van der Waals surface area contributed by atoms with Crippen molar-refractivity contribution < 1.29 is 9.63 Å². The number of ketones is 1. The Balaban J connectivity index is 2.82. The fraction of sp³-hybridized carbons (Fsp3) is 0.714. The minimum Gasteiger partial charge on any atom is -0.387 e. The second-order valence-corrected chi connectivity index (χ2v) is 3.39. The number of rotatable bonds is 0. The predicted octanol–water partition coefficient (Wildman–Crippen LogP) is 0.988. The number of oxime groups is 1. The average molecular weight is 141 g/mol. The summed E-state index contributed by atoms with van der Waals surface area (Å²) in [6.45, 7) is 5.95. The van der Waals surface area contributed by atoms with E-state index in [0.717, 1.165) is 0 Å². The van der Waals surface area contributed by atoms with Crippen LogP contribution in [0.4, 0.5) is 0 Å². The van der Waals surface area contributed by atoms with E-state index in [9.17, 15) is 4.79 Å². The van der Waals surface area contributed by atoms with Crippen molar-refractivity contribution in [3.63, 3.8) is 0 Å². The summed E-state index contributed by atoms with van der Waals surface area (Å²) in [5, 5.41) is 3.66. The van der Waals surface area contributed by atoms with Crippen LogP contribution in [0.3, 0.4) is 0 Å². The van der Waals surface area contributed by atoms with Gasteiger partial charge < -0.3 is 4.84 Å². The molecule has 1 heterocycles. The van der Waals surface area contributed by atoms with Crippen molar-refractivity contribution in [2.75, 3.05) is 6.61 Å². The lowest BCUT2D eigenvalue weighted by Gasteiger charge is -2.14. The number of carbonyl (C=O) groups is 1. The molecular formula is C7H11NO2. The smallest absolute Gasteiger partial charge is 0.221 e. The van der Waals surface area contributed by atoms with Crippen molar-refractivity contribution >= 4 is 11.5 Å². The van der Waals surface area contributed by atoms with Gasteiger partial charge in [0, 0.05) is 5.41 Å². The average Bonchev–Trinajstić information content (AvgIpc) is 2.11. The molecule has 0 saturated heterocycles. The summed E-state index contributed by atoms with van der Waals surface area (Å²) in [7, 11) is 0. The van der Waals surface area contributed by atoms with Crippen molar-refractivity contribution in [1.29, 1.82) is 0 Å². The first-order valence-corrected chi connectivity index (χ1v) is 3.25. The van der Waals surface area contributed by atoms with E-state index in [-0.39, 0.29) is 17.8 Å². The molecule has 1 rings (SSSR count). The van der Waals surface area contributed by atoms with Crippen LogP contribution >= 0.6 is 0 Å². The molecule has 0 amide bonds. The highest BCUT2D eigenvalue weighted by Gasteiger charge is 2.30. The molecule has 3 nitrogen and oxygen atoms in total. The maximum absolute atomic E-state index is 11.0. The molecule has 56 valence electrons. The van der Waals surface area contributed by atoms with E-state index in [1.807, 2.05) is 20.8 Å². The van der Waals surface area contributed by atoms with Crippen LogP contribution in [0, 0.1) is 5.41 Å². The molecule has 0 spiro atoms. The molecule has 1 aliphatic heterocycles. The third-order valence-corrected chi connectivity index (χ3v) is 1.33. The first-order valence-electron chi connectivity index (χ1n) is 3.25. The van der Waals surface area contributed by atoms with Gasteiger partial charge in [-0.05, 0) is 0 Å². The van der Waals surface area contributed by atoms with Crippen LogP contribution in [0.1, 0.15) is 20.8 Å². The molecule has 0 aromatic rings. The van der Waals surface area contributed by atoms with Crippen LogP contribution in [0.25, 0.3) is 0 Å². The number of hydrogen-bond acceptors (Lipinski definition) is 3. The van der Waals surface area contributed by atoms with Crippen LogP contribution < -0.4 is 0 Å². The van der Waals surface area contributed by atoms with Gasteiger partial charge in [0.05, 0.1) is 0 Å². The Morgan fingerprint density at radius 3 is 2.30 bits per heavy atom. The first-order chi connectivity index (χ1) is 4.52. The summed E-state index contributed by atoms with van der Waals surface area (Å²) in [5.41, 5.74) is 0.376. The van der Waals surface area contributed by atoms with Gasteiger partial charge >= 0.3 is 0 Å². The van der Waals surface area contributed by atoms with Gasteiger partial charge in [0.15, 0.2) is 6.61 Å². The molecule has 0 aromatic carbocycles. The minimum atomic E-state index is -0.173. The lowest BCUT2D eigenvalue weighted by atomic mass is 9.88. The molecule has 10 heavy (non-hydrogen) atoms. The van der Waals surface area contributed by atoms with E-state index in [1.54, 1.807) is 0 Å². The van der Waals surface area contributed by atoms with Crippen molar-refractivity contribution in [1.82, 2.24) is 0 Å². The normalized spacial score (nSPS) is 18.7. The highest BCUT2D eigenvalue weighted by Crippen LogP contribution is 2.19. The molecule has 0 radical (unpaired) electrons. The molecule has 0 N–H and O–H groups in total. The monoisotopic (exact) mass is 141 g/mol. The Morgan fingerprint density at radius 2 is 2.10 bits per heavy atom. The highest BCUT2D eigenvalue weighted by molar-refractivity contribution is 6.42. The summed E-state index contributed by atoms with van der Waals surface area (Å²) in [6.07, 6.45) is 0. The fourth-order valence-corrected chi connectivity index (χ4v) is 0.830. The third-order valence-electron chi connectivity index (χ3n) is 1.33. The van der Waals surface area contributed by atoms with Gasteiger partial charge in [0.1, 0.15) is 5.71 Å². The Morgan fingerprint density at radius 1 is 1.50 bits per heavy atom. The maximum atomic E-state index is 11.0. The molecular weight excluding hydrogens is 130 g/mol. The van der Waals surface area contributed by atoms with Gasteiger partial charge in [-0.2, -0.15) is 0 Å². The third kappa shape index (κ3) is 1.17. The molecule has 0 atom stereocenters.